The van der Waals surface area contributed by atoms with Crippen LogP contribution in [-0.2, 0) is 17.6 Å². The third-order valence-corrected chi connectivity index (χ3v) is 4.60. The Hall–Kier alpha value is -1.68. The predicted octanol–water partition coefficient (Wildman–Crippen LogP) is 3.52. The molecule has 1 aliphatic carbocycles. The summed E-state index contributed by atoms with van der Waals surface area (Å²) in [6.45, 7) is 0.846. The number of aromatic nitrogens is 3. The minimum atomic E-state index is 0.104. The van der Waals surface area contributed by atoms with Crippen molar-refractivity contribution in [1.82, 2.24) is 14.8 Å². The molecule has 4 nitrogen and oxygen atoms in total. The van der Waals surface area contributed by atoms with Gasteiger partial charge in [-0.2, -0.15) is 5.10 Å². The minimum Gasteiger partial charge on any atom is -0.357 e. The average Bonchev–Trinajstić information content (AvgIpc) is 3.05. The highest BCUT2D eigenvalue weighted by Crippen LogP contribution is 2.30. The number of rotatable bonds is 2. The van der Waals surface area contributed by atoms with Gasteiger partial charge in [-0.25, -0.2) is 4.68 Å². The van der Waals surface area contributed by atoms with Gasteiger partial charge in [0.15, 0.2) is 0 Å². The quantitative estimate of drug-likeness (QED) is 0.846. The summed E-state index contributed by atoms with van der Waals surface area (Å²) in [5, 5.41) is 4.52. The van der Waals surface area contributed by atoms with Crippen molar-refractivity contribution in [3.63, 3.8) is 0 Å². The number of hydrogen-bond donors (Lipinski definition) is 0. The van der Waals surface area contributed by atoms with Crippen LogP contribution in [0.5, 0.6) is 0 Å². The zero-order valence-electron chi connectivity index (χ0n) is 12.3. The van der Waals surface area contributed by atoms with E-state index < -0.39 is 0 Å². The number of ether oxygens (including phenoxy) is 1. The maximum absolute atomic E-state index is 5.81. The number of nitrogens with zero attached hydrogens (tertiary/aromatic N) is 3. The van der Waals surface area contributed by atoms with Gasteiger partial charge in [0, 0.05) is 24.6 Å². The van der Waals surface area contributed by atoms with E-state index in [9.17, 15) is 0 Å². The van der Waals surface area contributed by atoms with Crippen molar-refractivity contribution in [1.29, 1.82) is 0 Å². The van der Waals surface area contributed by atoms with Gasteiger partial charge in [0.1, 0.15) is 6.23 Å². The van der Waals surface area contributed by atoms with Crippen molar-refractivity contribution in [2.24, 2.45) is 0 Å². The van der Waals surface area contributed by atoms with Gasteiger partial charge in [0.05, 0.1) is 11.9 Å². The van der Waals surface area contributed by atoms with E-state index in [0.717, 1.165) is 30.7 Å². The lowest BCUT2D eigenvalue weighted by atomic mass is 9.90. The lowest BCUT2D eigenvalue weighted by molar-refractivity contribution is -0.0394. The summed E-state index contributed by atoms with van der Waals surface area (Å²) in [6, 6.07) is 2.17. The van der Waals surface area contributed by atoms with E-state index in [-0.39, 0.29) is 6.23 Å². The van der Waals surface area contributed by atoms with Crippen LogP contribution in [0.4, 0.5) is 0 Å². The van der Waals surface area contributed by atoms with Crippen molar-refractivity contribution in [2.75, 3.05) is 6.61 Å². The molecule has 1 atom stereocenters. The first-order chi connectivity index (χ1) is 10.4. The summed E-state index contributed by atoms with van der Waals surface area (Å²) in [5.74, 6) is 0. The molecular formula is C17H21N3O. The number of pyridine rings is 1. The summed E-state index contributed by atoms with van der Waals surface area (Å²) < 4.78 is 7.78. The molecule has 1 saturated heterocycles. The van der Waals surface area contributed by atoms with Gasteiger partial charge in [-0.1, -0.05) is 0 Å². The average molecular weight is 283 g/mol. The van der Waals surface area contributed by atoms with Gasteiger partial charge in [-0.3, -0.25) is 4.98 Å². The second kappa shape index (κ2) is 5.60. The van der Waals surface area contributed by atoms with Gasteiger partial charge in [-0.05, 0) is 62.1 Å². The summed E-state index contributed by atoms with van der Waals surface area (Å²) in [5.41, 5.74) is 5.14. The molecule has 0 bridgehead atoms. The van der Waals surface area contributed by atoms with Crippen molar-refractivity contribution < 1.29 is 4.74 Å². The van der Waals surface area contributed by atoms with E-state index in [1.54, 1.807) is 0 Å². The molecule has 1 unspecified atom stereocenters. The maximum Gasteiger partial charge on any atom is 0.150 e. The Balaban J connectivity index is 1.66. The summed E-state index contributed by atoms with van der Waals surface area (Å²) in [4.78, 5) is 4.63. The SMILES string of the molecule is c1cc2c(c(-c3cnn(C4CCCCO4)c3)n1)CCCC2. The number of hydrogen-bond acceptors (Lipinski definition) is 3. The highest BCUT2D eigenvalue weighted by atomic mass is 16.5. The lowest BCUT2D eigenvalue weighted by Crippen LogP contribution is -2.18. The molecule has 0 saturated carbocycles. The number of fused-ring (bicyclic) bond motifs is 1. The molecule has 4 rings (SSSR count). The molecular weight excluding hydrogens is 262 g/mol. The Morgan fingerprint density at radius 2 is 2.10 bits per heavy atom. The molecule has 0 spiro atoms. The van der Waals surface area contributed by atoms with E-state index in [1.807, 2.05) is 17.1 Å². The van der Waals surface area contributed by atoms with Crippen molar-refractivity contribution in [3.05, 3.63) is 35.8 Å². The Kier molecular flexibility index (Phi) is 3.47. The van der Waals surface area contributed by atoms with Crippen LogP contribution in [0, 0.1) is 0 Å². The van der Waals surface area contributed by atoms with E-state index in [0.29, 0.717) is 0 Å². The molecule has 0 N–H and O–H groups in total. The molecule has 2 aliphatic rings. The highest BCUT2D eigenvalue weighted by Gasteiger charge is 2.19. The van der Waals surface area contributed by atoms with Crippen LogP contribution in [-0.4, -0.2) is 21.4 Å². The van der Waals surface area contributed by atoms with Crippen LogP contribution in [0.3, 0.4) is 0 Å². The molecule has 1 fully saturated rings. The third kappa shape index (κ3) is 2.48. The topological polar surface area (TPSA) is 39.9 Å². The Labute approximate surface area is 125 Å². The van der Waals surface area contributed by atoms with Crippen LogP contribution >= 0.6 is 0 Å². The largest absolute Gasteiger partial charge is 0.357 e. The van der Waals surface area contributed by atoms with E-state index in [1.165, 1.54) is 43.2 Å². The van der Waals surface area contributed by atoms with Crippen molar-refractivity contribution in [2.45, 2.75) is 51.2 Å². The maximum atomic E-state index is 5.81. The van der Waals surface area contributed by atoms with Gasteiger partial charge >= 0.3 is 0 Å². The smallest absolute Gasteiger partial charge is 0.150 e. The van der Waals surface area contributed by atoms with Crippen LogP contribution in [0.2, 0.25) is 0 Å². The first-order valence-electron chi connectivity index (χ1n) is 8.05. The second-order valence-electron chi connectivity index (χ2n) is 6.03. The number of aryl methyl sites for hydroxylation is 1. The van der Waals surface area contributed by atoms with E-state index in [4.69, 9.17) is 4.74 Å². The lowest BCUT2D eigenvalue weighted by Gasteiger charge is -2.22. The Morgan fingerprint density at radius 3 is 3.00 bits per heavy atom. The van der Waals surface area contributed by atoms with E-state index in [2.05, 4.69) is 22.3 Å². The monoisotopic (exact) mass is 283 g/mol. The third-order valence-electron chi connectivity index (χ3n) is 4.60. The molecule has 0 amide bonds. The molecule has 3 heterocycles. The van der Waals surface area contributed by atoms with Gasteiger partial charge in [0.2, 0.25) is 0 Å². The molecule has 110 valence electrons. The van der Waals surface area contributed by atoms with E-state index >= 15 is 0 Å². The molecule has 1 aliphatic heterocycles. The first-order valence-corrected chi connectivity index (χ1v) is 8.05. The standard InChI is InChI=1S/C17H21N3O/c1-2-6-15-13(5-1)8-9-18-17(15)14-11-19-20(12-14)16-7-3-4-10-21-16/h8-9,11-12,16H,1-7,10H2. The van der Waals surface area contributed by atoms with Crippen molar-refractivity contribution in [3.8, 4) is 11.3 Å². The van der Waals surface area contributed by atoms with Crippen molar-refractivity contribution >= 4 is 0 Å². The van der Waals surface area contributed by atoms with Gasteiger partial charge < -0.3 is 4.74 Å². The Bertz CT molecular complexity index is 629. The van der Waals surface area contributed by atoms with Gasteiger partial charge in [-0.15, -0.1) is 0 Å². The van der Waals surface area contributed by atoms with Crippen LogP contribution in [0.1, 0.15) is 49.5 Å². The summed E-state index contributed by atoms with van der Waals surface area (Å²) >= 11 is 0. The van der Waals surface area contributed by atoms with Crippen LogP contribution < -0.4 is 0 Å². The predicted molar refractivity (Wildman–Crippen MR) is 80.9 cm³/mol. The second-order valence-corrected chi connectivity index (χ2v) is 6.03. The summed E-state index contributed by atoms with van der Waals surface area (Å²) in [7, 11) is 0. The fraction of sp³-hybridized carbons (Fsp3) is 0.529. The fourth-order valence-electron chi connectivity index (χ4n) is 3.46. The fourth-order valence-corrected chi connectivity index (χ4v) is 3.46. The first kappa shape index (κ1) is 13.0. The normalized spacial score (nSPS) is 22.0. The van der Waals surface area contributed by atoms with Crippen LogP contribution in [0.25, 0.3) is 11.3 Å². The molecule has 4 heteroatoms. The van der Waals surface area contributed by atoms with Crippen LogP contribution in [0.15, 0.2) is 24.7 Å². The minimum absolute atomic E-state index is 0.104. The molecule has 2 aromatic rings. The molecule has 0 aromatic carbocycles. The van der Waals surface area contributed by atoms with Gasteiger partial charge in [0.25, 0.3) is 0 Å². The zero-order valence-corrected chi connectivity index (χ0v) is 12.3. The molecule has 2 aromatic heterocycles. The Morgan fingerprint density at radius 1 is 1.14 bits per heavy atom. The molecule has 21 heavy (non-hydrogen) atoms. The molecule has 0 radical (unpaired) electrons. The summed E-state index contributed by atoms with van der Waals surface area (Å²) in [6.07, 6.45) is 14.4. The zero-order chi connectivity index (χ0) is 14.1. The highest BCUT2D eigenvalue weighted by molar-refractivity contribution is 5.63.